The lowest BCUT2D eigenvalue weighted by Crippen LogP contribution is -2.30. The van der Waals surface area contributed by atoms with Crippen molar-refractivity contribution in [2.45, 2.75) is 25.2 Å². The number of hydrogen-bond donors (Lipinski definition) is 0. The Bertz CT molecular complexity index is 559. The molecule has 2 heterocycles. The van der Waals surface area contributed by atoms with Gasteiger partial charge in [0.15, 0.2) is 0 Å². The number of benzene rings is 1. The molecule has 0 saturated carbocycles. The summed E-state index contributed by atoms with van der Waals surface area (Å²) in [5.74, 6) is 0.790. The third-order valence-corrected chi connectivity index (χ3v) is 3.63. The first-order chi connectivity index (χ1) is 9.17. The fourth-order valence-corrected chi connectivity index (χ4v) is 2.21. The van der Waals surface area contributed by atoms with Crippen molar-refractivity contribution in [3.63, 3.8) is 0 Å². The van der Waals surface area contributed by atoms with Gasteiger partial charge >= 0.3 is 0 Å². The number of aromatic nitrogens is 2. The molecule has 0 bridgehead atoms. The highest BCUT2D eigenvalue weighted by atomic mass is 19.1. The fourth-order valence-electron chi connectivity index (χ4n) is 2.21. The van der Waals surface area contributed by atoms with E-state index >= 15 is 0 Å². The zero-order valence-electron chi connectivity index (χ0n) is 10.7. The Morgan fingerprint density at radius 2 is 1.79 bits per heavy atom. The number of ether oxygens (including phenoxy) is 1. The van der Waals surface area contributed by atoms with Crippen LogP contribution in [0.2, 0.25) is 0 Å². The Balaban J connectivity index is 1.88. The van der Waals surface area contributed by atoms with Crippen molar-refractivity contribution in [1.82, 2.24) is 10.2 Å². The third-order valence-electron chi connectivity index (χ3n) is 3.63. The van der Waals surface area contributed by atoms with E-state index in [-0.39, 0.29) is 11.2 Å². The van der Waals surface area contributed by atoms with E-state index < -0.39 is 0 Å². The molecule has 0 spiro atoms. The van der Waals surface area contributed by atoms with E-state index in [0.29, 0.717) is 25.0 Å². The number of halogens is 1. The number of rotatable bonds is 2. The Labute approximate surface area is 110 Å². The minimum atomic E-state index is -0.278. The van der Waals surface area contributed by atoms with E-state index in [2.05, 4.69) is 17.1 Å². The second-order valence-electron chi connectivity index (χ2n) is 5.09. The van der Waals surface area contributed by atoms with Crippen LogP contribution >= 0.6 is 0 Å². The fraction of sp³-hybridized carbons (Fsp3) is 0.429. The van der Waals surface area contributed by atoms with E-state index in [1.165, 1.54) is 12.1 Å². The summed E-state index contributed by atoms with van der Waals surface area (Å²) < 4.78 is 24.0. The van der Waals surface area contributed by atoms with Crippen LogP contribution in [0, 0.1) is 5.82 Å². The maximum absolute atomic E-state index is 12.9. The van der Waals surface area contributed by atoms with Crippen molar-refractivity contribution < 1.29 is 13.5 Å². The van der Waals surface area contributed by atoms with E-state index in [1.807, 2.05) is 0 Å². The van der Waals surface area contributed by atoms with Crippen molar-refractivity contribution in [1.29, 1.82) is 0 Å². The van der Waals surface area contributed by atoms with Crippen LogP contribution in [0.4, 0.5) is 4.39 Å². The zero-order chi connectivity index (χ0) is 13.3. The second kappa shape index (κ2) is 4.74. The summed E-state index contributed by atoms with van der Waals surface area (Å²) in [4.78, 5) is 0. The molecular formula is C14H15FN2O2. The highest BCUT2D eigenvalue weighted by molar-refractivity contribution is 5.52. The summed E-state index contributed by atoms with van der Waals surface area (Å²) in [6.07, 6.45) is 1.75. The summed E-state index contributed by atoms with van der Waals surface area (Å²) in [7, 11) is 0. The zero-order valence-corrected chi connectivity index (χ0v) is 10.7. The smallest absolute Gasteiger partial charge is 0.247 e. The maximum atomic E-state index is 12.9. The second-order valence-corrected chi connectivity index (χ2v) is 5.09. The lowest BCUT2D eigenvalue weighted by Gasteiger charge is -2.29. The van der Waals surface area contributed by atoms with Gasteiger partial charge in [-0.3, -0.25) is 0 Å². The predicted molar refractivity (Wildman–Crippen MR) is 67.1 cm³/mol. The van der Waals surface area contributed by atoms with Crippen molar-refractivity contribution in [3.8, 4) is 11.5 Å². The minimum Gasteiger partial charge on any atom is -0.420 e. The Morgan fingerprint density at radius 3 is 2.47 bits per heavy atom. The van der Waals surface area contributed by atoms with Gasteiger partial charge < -0.3 is 9.15 Å². The van der Waals surface area contributed by atoms with Gasteiger partial charge in [-0.1, -0.05) is 6.92 Å². The van der Waals surface area contributed by atoms with Gasteiger partial charge in [-0.2, -0.15) is 0 Å². The van der Waals surface area contributed by atoms with Gasteiger partial charge in [-0.25, -0.2) is 4.39 Å². The average Bonchev–Trinajstić information content (AvgIpc) is 2.91. The average molecular weight is 262 g/mol. The maximum Gasteiger partial charge on any atom is 0.247 e. The Morgan fingerprint density at radius 1 is 1.11 bits per heavy atom. The van der Waals surface area contributed by atoms with Crippen molar-refractivity contribution in [2.24, 2.45) is 0 Å². The summed E-state index contributed by atoms with van der Waals surface area (Å²) in [6, 6.07) is 6.04. The van der Waals surface area contributed by atoms with Crippen molar-refractivity contribution in [2.75, 3.05) is 13.2 Å². The molecule has 0 radical (unpaired) electrons. The summed E-state index contributed by atoms with van der Waals surface area (Å²) in [5.41, 5.74) is 0.611. The first kappa shape index (κ1) is 12.3. The number of hydrogen-bond acceptors (Lipinski definition) is 4. The molecule has 0 aliphatic carbocycles. The third kappa shape index (κ3) is 2.38. The molecule has 4 nitrogen and oxygen atoms in total. The van der Waals surface area contributed by atoms with Gasteiger partial charge in [-0.15, -0.1) is 10.2 Å². The van der Waals surface area contributed by atoms with E-state index in [1.54, 1.807) is 12.1 Å². The van der Waals surface area contributed by atoms with Crippen LogP contribution in [-0.4, -0.2) is 23.4 Å². The lowest BCUT2D eigenvalue weighted by molar-refractivity contribution is 0.0471. The summed E-state index contributed by atoms with van der Waals surface area (Å²) in [6.45, 7) is 3.53. The molecule has 19 heavy (non-hydrogen) atoms. The van der Waals surface area contributed by atoms with Gasteiger partial charge in [0.05, 0.1) is 5.41 Å². The highest BCUT2D eigenvalue weighted by Crippen LogP contribution is 2.34. The molecule has 1 aliphatic heterocycles. The van der Waals surface area contributed by atoms with Gasteiger partial charge in [0, 0.05) is 18.8 Å². The van der Waals surface area contributed by atoms with Crippen LogP contribution < -0.4 is 0 Å². The van der Waals surface area contributed by atoms with Crippen LogP contribution in [0.1, 0.15) is 25.7 Å². The Hall–Kier alpha value is -1.75. The molecule has 5 heteroatoms. The molecule has 3 rings (SSSR count). The molecule has 1 fully saturated rings. The van der Waals surface area contributed by atoms with E-state index in [0.717, 1.165) is 18.4 Å². The Kier molecular flexibility index (Phi) is 3.06. The highest BCUT2D eigenvalue weighted by Gasteiger charge is 2.34. The first-order valence-electron chi connectivity index (χ1n) is 6.35. The van der Waals surface area contributed by atoms with Crippen LogP contribution in [0.25, 0.3) is 11.5 Å². The SMILES string of the molecule is CC1(c2nnc(-c3ccc(F)cc3)o2)CCOCC1. The topological polar surface area (TPSA) is 48.2 Å². The molecule has 1 aliphatic rings. The molecule has 1 saturated heterocycles. The standard InChI is InChI=1S/C14H15FN2O2/c1-14(6-8-18-9-7-14)13-17-16-12(19-13)10-2-4-11(15)5-3-10/h2-5H,6-9H2,1H3. The largest absolute Gasteiger partial charge is 0.420 e. The monoisotopic (exact) mass is 262 g/mol. The lowest BCUT2D eigenvalue weighted by atomic mass is 9.82. The molecule has 100 valence electrons. The van der Waals surface area contributed by atoms with Crippen molar-refractivity contribution >= 4 is 0 Å². The van der Waals surface area contributed by atoms with Crippen LogP contribution in [-0.2, 0) is 10.2 Å². The first-order valence-corrected chi connectivity index (χ1v) is 6.35. The van der Waals surface area contributed by atoms with E-state index in [9.17, 15) is 4.39 Å². The minimum absolute atomic E-state index is 0.121. The molecule has 2 aromatic rings. The normalized spacial score (nSPS) is 18.4. The molecule has 1 aromatic heterocycles. The molecule has 1 aromatic carbocycles. The molecule has 0 unspecified atom stereocenters. The van der Waals surface area contributed by atoms with Crippen LogP contribution in [0.3, 0.4) is 0 Å². The van der Waals surface area contributed by atoms with Crippen LogP contribution in [0.5, 0.6) is 0 Å². The van der Waals surface area contributed by atoms with Crippen LogP contribution in [0.15, 0.2) is 28.7 Å². The summed E-state index contributed by atoms with van der Waals surface area (Å²) >= 11 is 0. The van der Waals surface area contributed by atoms with E-state index in [4.69, 9.17) is 9.15 Å². The van der Waals surface area contributed by atoms with Gasteiger partial charge in [0.1, 0.15) is 5.82 Å². The van der Waals surface area contributed by atoms with Gasteiger partial charge in [0.25, 0.3) is 0 Å². The molecule has 0 amide bonds. The van der Waals surface area contributed by atoms with Gasteiger partial charge in [0.2, 0.25) is 11.8 Å². The summed E-state index contributed by atoms with van der Waals surface area (Å²) in [5, 5.41) is 8.20. The molecular weight excluding hydrogens is 247 g/mol. The molecule has 0 atom stereocenters. The van der Waals surface area contributed by atoms with Gasteiger partial charge in [-0.05, 0) is 37.1 Å². The van der Waals surface area contributed by atoms with Crippen molar-refractivity contribution in [3.05, 3.63) is 36.0 Å². The number of nitrogens with zero attached hydrogens (tertiary/aromatic N) is 2. The quantitative estimate of drug-likeness (QED) is 0.834. The predicted octanol–water partition coefficient (Wildman–Crippen LogP) is 2.94. The molecule has 0 N–H and O–H groups in total.